The Morgan fingerprint density at radius 3 is 2.43 bits per heavy atom. The number of nitrogens with zero attached hydrogens (tertiary/aromatic N) is 3. The van der Waals surface area contributed by atoms with Gasteiger partial charge in [-0.3, -0.25) is 4.79 Å². The third-order valence-electron chi connectivity index (χ3n) is 6.50. The zero-order valence-electron chi connectivity index (χ0n) is 16.2. The van der Waals surface area contributed by atoms with E-state index in [4.69, 9.17) is 11.6 Å². The molecule has 1 amide bonds. The van der Waals surface area contributed by atoms with Gasteiger partial charge < -0.3 is 20.6 Å². The van der Waals surface area contributed by atoms with Crippen LogP contribution in [0.5, 0.6) is 0 Å². The highest BCUT2D eigenvalue weighted by molar-refractivity contribution is 6.28. The summed E-state index contributed by atoms with van der Waals surface area (Å²) in [4.78, 5) is 23.7. The van der Waals surface area contributed by atoms with Crippen molar-refractivity contribution in [3.63, 3.8) is 0 Å². The third-order valence-corrected chi connectivity index (χ3v) is 6.68. The molecule has 3 fully saturated rings. The highest BCUT2D eigenvalue weighted by Gasteiger charge is 2.30. The van der Waals surface area contributed by atoms with E-state index in [1.807, 2.05) is 0 Å². The molecule has 1 aliphatic heterocycles. The smallest absolute Gasteiger partial charge is 0.256 e. The van der Waals surface area contributed by atoms with E-state index in [9.17, 15) is 9.90 Å². The molecule has 7 nitrogen and oxygen atoms in total. The van der Waals surface area contributed by atoms with Crippen molar-refractivity contribution >= 4 is 23.3 Å². The number of likely N-dealkylation sites (tertiary alicyclic amines) is 1. The molecular formula is C20H30ClN5O2. The van der Waals surface area contributed by atoms with E-state index in [0.29, 0.717) is 11.4 Å². The molecule has 3 aliphatic rings. The zero-order valence-corrected chi connectivity index (χ0v) is 17.0. The average molecular weight is 408 g/mol. The number of nitrogens with one attached hydrogen (secondary N) is 2. The monoisotopic (exact) mass is 407 g/mol. The summed E-state index contributed by atoms with van der Waals surface area (Å²) in [6.07, 6.45) is 10.5. The minimum absolute atomic E-state index is 0.128. The molecular weight excluding hydrogens is 378 g/mol. The Morgan fingerprint density at radius 1 is 1.07 bits per heavy atom. The Kier molecular flexibility index (Phi) is 6.33. The largest absolute Gasteiger partial charge is 0.393 e. The number of halogens is 1. The van der Waals surface area contributed by atoms with Crippen molar-refractivity contribution in [1.29, 1.82) is 0 Å². The van der Waals surface area contributed by atoms with Gasteiger partial charge in [0.05, 0.1) is 6.10 Å². The second-order valence-corrected chi connectivity index (χ2v) is 8.76. The average Bonchev–Trinajstić information content (AvgIpc) is 2.64. The number of amides is 1. The number of piperidine rings is 1. The van der Waals surface area contributed by atoms with Crippen molar-refractivity contribution in [3.05, 3.63) is 17.0 Å². The van der Waals surface area contributed by atoms with Gasteiger partial charge in [-0.2, -0.15) is 4.98 Å². The van der Waals surface area contributed by atoms with E-state index < -0.39 is 0 Å². The van der Waals surface area contributed by atoms with Crippen LogP contribution in [0.1, 0.15) is 68.1 Å². The highest BCUT2D eigenvalue weighted by Crippen LogP contribution is 2.28. The van der Waals surface area contributed by atoms with Crippen LogP contribution in [0, 0.1) is 0 Å². The Bertz CT molecular complexity index is 683. The number of hydrogen-bond donors (Lipinski definition) is 3. The molecule has 0 aromatic carbocycles. The van der Waals surface area contributed by atoms with Gasteiger partial charge in [-0.1, -0.05) is 6.42 Å². The van der Waals surface area contributed by atoms with Gasteiger partial charge in [0, 0.05) is 37.4 Å². The Morgan fingerprint density at radius 2 is 1.79 bits per heavy atom. The Labute approximate surface area is 171 Å². The van der Waals surface area contributed by atoms with Crippen molar-refractivity contribution in [1.82, 2.24) is 20.2 Å². The van der Waals surface area contributed by atoms with E-state index in [0.717, 1.165) is 57.7 Å². The fourth-order valence-electron chi connectivity index (χ4n) is 4.47. The van der Waals surface area contributed by atoms with Crippen molar-refractivity contribution in [2.75, 3.05) is 18.4 Å². The zero-order chi connectivity index (χ0) is 19.5. The number of anilines is 1. The molecule has 3 N–H and O–H groups in total. The summed E-state index contributed by atoms with van der Waals surface area (Å²) in [6, 6.07) is 1.15. The lowest BCUT2D eigenvalue weighted by Crippen LogP contribution is -2.49. The molecule has 2 aliphatic carbocycles. The van der Waals surface area contributed by atoms with Crippen molar-refractivity contribution < 1.29 is 9.90 Å². The number of aliphatic hydroxyl groups is 1. The van der Waals surface area contributed by atoms with E-state index in [1.54, 1.807) is 0 Å². The van der Waals surface area contributed by atoms with Crippen molar-refractivity contribution in [2.45, 2.75) is 82.0 Å². The van der Waals surface area contributed by atoms with Gasteiger partial charge in [-0.15, -0.1) is 0 Å². The Balaban J connectivity index is 1.35. The van der Waals surface area contributed by atoms with Crippen LogP contribution in [0.4, 0.5) is 5.82 Å². The molecule has 0 radical (unpaired) electrons. The number of carbonyl (C=O) groups is 1. The van der Waals surface area contributed by atoms with Gasteiger partial charge in [0.15, 0.2) is 0 Å². The fourth-order valence-corrected chi connectivity index (χ4v) is 4.61. The van der Waals surface area contributed by atoms with Gasteiger partial charge in [0.25, 0.3) is 5.91 Å². The molecule has 2 heterocycles. The van der Waals surface area contributed by atoms with E-state index in [-0.39, 0.29) is 29.4 Å². The van der Waals surface area contributed by atoms with Crippen LogP contribution in [0.2, 0.25) is 5.28 Å². The van der Waals surface area contributed by atoms with Crippen LogP contribution in [-0.2, 0) is 0 Å². The van der Waals surface area contributed by atoms with Crippen molar-refractivity contribution in [3.8, 4) is 0 Å². The first-order valence-corrected chi connectivity index (χ1v) is 11.0. The molecule has 0 bridgehead atoms. The molecule has 2 saturated carbocycles. The van der Waals surface area contributed by atoms with Gasteiger partial charge in [-0.05, 0) is 63.0 Å². The van der Waals surface area contributed by atoms with Gasteiger partial charge >= 0.3 is 0 Å². The number of hydrogen-bond acceptors (Lipinski definition) is 6. The van der Waals surface area contributed by atoms with Crippen LogP contribution < -0.4 is 10.6 Å². The van der Waals surface area contributed by atoms with E-state index in [1.165, 1.54) is 25.5 Å². The molecule has 1 aromatic heterocycles. The molecule has 8 heteroatoms. The van der Waals surface area contributed by atoms with Gasteiger partial charge in [0.1, 0.15) is 11.4 Å². The lowest BCUT2D eigenvalue weighted by Gasteiger charge is -2.41. The van der Waals surface area contributed by atoms with E-state index in [2.05, 4.69) is 25.5 Å². The van der Waals surface area contributed by atoms with Gasteiger partial charge in [0.2, 0.25) is 5.28 Å². The topological polar surface area (TPSA) is 90.4 Å². The lowest BCUT2D eigenvalue weighted by molar-refractivity contribution is 0.0800. The highest BCUT2D eigenvalue weighted by atomic mass is 35.5. The minimum Gasteiger partial charge on any atom is -0.393 e. The summed E-state index contributed by atoms with van der Waals surface area (Å²) >= 11 is 5.98. The maximum absolute atomic E-state index is 12.9. The summed E-state index contributed by atoms with van der Waals surface area (Å²) in [6.45, 7) is 2.12. The third kappa shape index (κ3) is 4.75. The van der Waals surface area contributed by atoms with Gasteiger partial charge in [-0.25, -0.2) is 4.98 Å². The minimum atomic E-state index is -0.222. The normalized spacial score (nSPS) is 27.2. The van der Waals surface area contributed by atoms with Crippen LogP contribution in [0.3, 0.4) is 0 Å². The van der Waals surface area contributed by atoms with Crippen molar-refractivity contribution in [2.24, 2.45) is 0 Å². The van der Waals surface area contributed by atoms with Crippen LogP contribution in [0.25, 0.3) is 0 Å². The fraction of sp³-hybridized carbons (Fsp3) is 0.750. The second kappa shape index (κ2) is 8.93. The SMILES string of the molecule is O=C(NC1CCN(C2CCC2)CC1)c1cnc(Cl)nc1NC1CCC(O)CC1. The first-order valence-electron chi connectivity index (χ1n) is 10.6. The number of aliphatic hydroxyl groups excluding tert-OH is 1. The molecule has 0 atom stereocenters. The maximum atomic E-state index is 12.9. The summed E-state index contributed by atoms with van der Waals surface area (Å²) in [5.41, 5.74) is 0.442. The molecule has 1 aromatic rings. The predicted molar refractivity (Wildman–Crippen MR) is 109 cm³/mol. The Hall–Kier alpha value is -1.44. The molecule has 28 heavy (non-hydrogen) atoms. The molecule has 0 spiro atoms. The lowest BCUT2D eigenvalue weighted by atomic mass is 9.89. The summed E-state index contributed by atoms with van der Waals surface area (Å²) in [7, 11) is 0. The number of rotatable bonds is 5. The summed E-state index contributed by atoms with van der Waals surface area (Å²) in [5.74, 6) is 0.350. The standard InChI is InChI=1S/C20H30ClN5O2/c21-20-22-12-17(18(25-20)23-13-4-6-16(27)7-5-13)19(28)24-14-8-10-26(11-9-14)15-2-1-3-15/h12-16,27H,1-11H2,(H,24,28)(H,22,23,25). The summed E-state index contributed by atoms with van der Waals surface area (Å²) < 4.78 is 0. The molecule has 1 saturated heterocycles. The summed E-state index contributed by atoms with van der Waals surface area (Å²) in [5, 5.41) is 16.3. The first-order chi connectivity index (χ1) is 13.6. The molecule has 4 rings (SSSR count). The van der Waals surface area contributed by atoms with Crippen LogP contribution in [0.15, 0.2) is 6.20 Å². The maximum Gasteiger partial charge on any atom is 0.256 e. The molecule has 154 valence electrons. The van der Waals surface area contributed by atoms with E-state index >= 15 is 0 Å². The van der Waals surface area contributed by atoms with Crippen LogP contribution in [-0.4, -0.2) is 63.2 Å². The van der Waals surface area contributed by atoms with Crippen LogP contribution >= 0.6 is 11.6 Å². The second-order valence-electron chi connectivity index (χ2n) is 8.42. The quantitative estimate of drug-likeness (QED) is 0.650. The predicted octanol–water partition coefficient (Wildman–Crippen LogP) is 2.59. The number of carbonyl (C=O) groups excluding carboxylic acids is 1. The first kappa shape index (κ1) is 19.9. The molecule has 0 unspecified atom stereocenters. The number of aromatic nitrogens is 2.